The maximum absolute atomic E-state index is 12.4. The summed E-state index contributed by atoms with van der Waals surface area (Å²) in [6.07, 6.45) is 1.52. The van der Waals surface area contributed by atoms with Crippen LogP contribution in [0.5, 0.6) is 0 Å². The summed E-state index contributed by atoms with van der Waals surface area (Å²) in [5.41, 5.74) is 5.65. The van der Waals surface area contributed by atoms with E-state index in [1.807, 2.05) is 0 Å². The van der Waals surface area contributed by atoms with Crippen molar-refractivity contribution in [3.05, 3.63) is 35.4 Å². The lowest BCUT2D eigenvalue weighted by Gasteiger charge is -2.36. The van der Waals surface area contributed by atoms with Crippen LogP contribution in [0, 0.1) is 0 Å². The molecule has 0 saturated carbocycles. The molecule has 3 amide bonds. The van der Waals surface area contributed by atoms with Gasteiger partial charge in [-0.15, -0.1) is 0 Å². The average Bonchev–Trinajstić information content (AvgIpc) is 2.44. The van der Waals surface area contributed by atoms with Gasteiger partial charge >= 0.3 is 6.03 Å². The van der Waals surface area contributed by atoms with Crippen molar-refractivity contribution in [2.75, 3.05) is 13.1 Å². The molecule has 1 aromatic carbocycles. The summed E-state index contributed by atoms with van der Waals surface area (Å²) in [7, 11) is 0. The predicted octanol–water partition coefficient (Wildman–Crippen LogP) is 0.842. The summed E-state index contributed by atoms with van der Waals surface area (Å²) in [6.45, 7) is 3.12. The van der Waals surface area contributed by atoms with E-state index in [0.29, 0.717) is 31.6 Å². The second-order valence-electron chi connectivity index (χ2n) is 5.74. The number of carbonyl (C=O) groups excluding carboxylic acids is 2. The first-order valence-corrected chi connectivity index (χ1v) is 7.01. The van der Waals surface area contributed by atoms with Crippen molar-refractivity contribution in [1.29, 1.82) is 0 Å². The number of hydrogen-bond donors (Lipinski definition) is 3. The number of nitrogens with zero attached hydrogens (tertiary/aromatic N) is 1. The number of primary amides is 1. The molecule has 6 heteroatoms. The summed E-state index contributed by atoms with van der Waals surface area (Å²) < 4.78 is 0. The summed E-state index contributed by atoms with van der Waals surface area (Å²) in [5.74, 6) is -0.0793. The van der Waals surface area contributed by atoms with Crippen LogP contribution in [0.25, 0.3) is 0 Å². The molecule has 1 aliphatic heterocycles. The lowest BCUT2D eigenvalue weighted by atomic mass is 9.94. The second kappa shape index (κ2) is 6.13. The van der Waals surface area contributed by atoms with Gasteiger partial charge < -0.3 is 21.1 Å². The molecule has 114 valence electrons. The van der Waals surface area contributed by atoms with Gasteiger partial charge in [0.25, 0.3) is 5.91 Å². The Kier molecular flexibility index (Phi) is 4.47. The van der Waals surface area contributed by atoms with Gasteiger partial charge in [0.2, 0.25) is 0 Å². The van der Waals surface area contributed by atoms with Gasteiger partial charge in [-0.25, -0.2) is 4.79 Å². The lowest BCUT2D eigenvalue weighted by molar-refractivity contribution is -0.0107. The smallest absolute Gasteiger partial charge is 0.312 e. The fourth-order valence-corrected chi connectivity index (χ4v) is 2.53. The number of nitrogens with one attached hydrogen (secondary N) is 1. The van der Waals surface area contributed by atoms with Gasteiger partial charge in [-0.05, 0) is 37.5 Å². The normalized spacial score (nSPS) is 21.9. The van der Waals surface area contributed by atoms with Crippen LogP contribution in [0.4, 0.5) is 4.79 Å². The summed E-state index contributed by atoms with van der Waals surface area (Å²) >= 11 is 0. The molecule has 0 bridgehead atoms. The van der Waals surface area contributed by atoms with E-state index in [9.17, 15) is 14.7 Å². The quantitative estimate of drug-likeness (QED) is 0.770. The van der Waals surface area contributed by atoms with Gasteiger partial charge in [0.05, 0.1) is 5.60 Å². The van der Waals surface area contributed by atoms with E-state index in [4.69, 9.17) is 5.73 Å². The molecule has 4 N–H and O–H groups in total. The molecular weight excluding hydrogens is 270 g/mol. The first kappa shape index (κ1) is 15.3. The number of nitrogens with two attached hydrogens (primary N) is 1. The minimum absolute atomic E-state index is 0.0793. The standard InChI is InChI=1S/C15H21N3O3/c1-15(21)7-2-8-18(10-15)13(19)12-5-3-11(4-6-12)9-17-14(16)20/h3-6,21H,2,7-10H2,1H3,(H3,16,17,20). The maximum Gasteiger partial charge on any atom is 0.312 e. The van der Waals surface area contributed by atoms with Crippen LogP contribution in [-0.4, -0.2) is 40.6 Å². The highest BCUT2D eigenvalue weighted by Crippen LogP contribution is 2.21. The van der Waals surface area contributed by atoms with Gasteiger partial charge in [-0.3, -0.25) is 4.79 Å². The molecule has 1 saturated heterocycles. The SMILES string of the molecule is CC1(O)CCCN(C(=O)c2ccc(CNC(N)=O)cc2)C1. The van der Waals surface area contributed by atoms with E-state index < -0.39 is 11.6 Å². The molecular formula is C15H21N3O3. The Balaban J connectivity index is 2.01. The first-order chi connectivity index (χ1) is 9.87. The van der Waals surface area contributed by atoms with Crippen molar-refractivity contribution in [3.63, 3.8) is 0 Å². The summed E-state index contributed by atoms with van der Waals surface area (Å²) in [4.78, 5) is 24.7. The minimum Gasteiger partial charge on any atom is -0.388 e. The molecule has 0 spiro atoms. The number of carbonyl (C=O) groups is 2. The van der Waals surface area contributed by atoms with Gasteiger partial charge in [0.1, 0.15) is 0 Å². The molecule has 0 radical (unpaired) electrons. The number of β-amino-alcohol motifs (C(OH)–C–C–N with tert-alkyl or cyclic N) is 1. The fourth-order valence-electron chi connectivity index (χ4n) is 2.53. The van der Waals surface area contributed by atoms with E-state index in [-0.39, 0.29) is 5.91 Å². The fraction of sp³-hybridized carbons (Fsp3) is 0.467. The Morgan fingerprint density at radius 3 is 2.62 bits per heavy atom. The number of benzene rings is 1. The molecule has 1 atom stereocenters. The van der Waals surface area contributed by atoms with Gasteiger partial charge in [0, 0.05) is 25.2 Å². The predicted molar refractivity (Wildman–Crippen MR) is 78.6 cm³/mol. The van der Waals surface area contributed by atoms with Crippen LogP contribution in [0.1, 0.15) is 35.7 Å². The van der Waals surface area contributed by atoms with Crippen LogP contribution in [0.15, 0.2) is 24.3 Å². The van der Waals surface area contributed by atoms with E-state index in [0.717, 1.165) is 12.0 Å². The highest BCUT2D eigenvalue weighted by atomic mass is 16.3. The third kappa shape index (κ3) is 4.19. The third-order valence-corrected chi connectivity index (χ3v) is 3.63. The van der Waals surface area contributed by atoms with Crippen LogP contribution in [0.2, 0.25) is 0 Å². The van der Waals surface area contributed by atoms with Gasteiger partial charge in [-0.1, -0.05) is 12.1 Å². The Labute approximate surface area is 123 Å². The van der Waals surface area contributed by atoms with Gasteiger partial charge in [-0.2, -0.15) is 0 Å². The third-order valence-electron chi connectivity index (χ3n) is 3.63. The second-order valence-corrected chi connectivity index (χ2v) is 5.74. The van der Waals surface area contributed by atoms with Crippen LogP contribution in [0.3, 0.4) is 0 Å². The van der Waals surface area contributed by atoms with Gasteiger partial charge in [0.15, 0.2) is 0 Å². The van der Waals surface area contributed by atoms with Crippen LogP contribution >= 0.6 is 0 Å². The van der Waals surface area contributed by atoms with Crippen LogP contribution < -0.4 is 11.1 Å². The number of rotatable bonds is 3. The molecule has 6 nitrogen and oxygen atoms in total. The molecule has 1 fully saturated rings. The number of hydrogen-bond acceptors (Lipinski definition) is 3. The zero-order chi connectivity index (χ0) is 15.5. The Bertz CT molecular complexity index is 525. The maximum atomic E-state index is 12.4. The Morgan fingerprint density at radius 1 is 1.38 bits per heavy atom. The zero-order valence-electron chi connectivity index (χ0n) is 12.1. The number of piperidine rings is 1. The minimum atomic E-state index is -0.806. The number of aliphatic hydroxyl groups is 1. The number of likely N-dealkylation sites (tertiary alicyclic amines) is 1. The molecule has 0 aliphatic carbocycles. The molecule has 1 aromatic rings. The van der Waals surface area contributed by atoms with E-state index in [1.165, 1.54) is 0 Å². The topological polar surface area (TPSA) is 95.7 Å². The van der Waals surface area contributed by atoms with Crippen LogP contribution in [-0.2, 0) is 6.54 Å². The van der Waals surface area contributed by atoms with Crippen molar-refractivity contribution in [1.82, 2.24) is 10.2 Å². The molecule has 1 aliphatic rings. The first-order valence-electron chi connectivity index (χ1n) is 7.01. The molecule has 2 rings (SSSR count). The highest BCUT2D eigenvalue weighted by Gasteiger charge is 2.31. The Morgan fingerprint density at radius 2 is 2.05 bits per heavy atom. The summed E-state index contributed by atoms with van der Waals surface area (Å²) in [5, 5.41) is 12.6. The largest absolute Gasteiger partial charge is 0.388 e. The molecule has 0 aromatic heterocycles. The lowest BCUT2D eigenvalue weighted by Crippen LogP contribution is -2.48. The van der Waals surface area contributed by atoms with E-state index in [2.05, 4.69) is 5.32 Å². The van der Waals surface area contributed by atoms with E-state index in [1.54, 1.807) is 36.1 Å². The van der Waals surface area contributed by atoms with E-state index >= 15 is 0 Å². The monoisotopic (exact) mass is 291 g/mol. The Hall–Kier alpha value is -2.08. The molecule has 21 heavy (non-hydrogen) atoms. The molecule has 1 heterocycles. The van der Waals surface area contributed by atoms with Crippen molar-refractivity contribution in [3.8, 4) is 0 Å². The summed E-state index contributed by atoms with van der Waals surface area (Å²) in [6, 6.07) is 6.44. The van der Waals surface area contributed by atoms with Crippen molar-refractivity contribution < 1.29 is 14.7 Å². The molecule has 1 unspecified atom stereocenters. The van der Waals surface area contributed by atoms with Crippen molar-refractivity contribution in [2.24, 2.45) is 5.73 Å². The van der Waals surface area contributed by atoms with Crippen molar-refractivity contribution >= 4 is 11.9 Å². The average molecular weight is 291 g/mol. The number of urea groups is 1. The van der Waals surface area contributed by atoms with Crippen molar-refractivity contribution in [2.45, 2.75) is 31.9 Å². The zero-order valence-corrected chi connectivity index (χ0v) is 12.1. The highest BCUT2D eigenvalue weighted by molar-refractivity contribution is 5.94. The number of amides is 3.